The van der Waals surface area contributed by atoms with Crippen molar-refractivity contribution in [2.45, 2.75) is 12.5 Å². The summed E-state index contributed by atoms with van der Waals surface area (Å²) in [5.74, 6) is -1.15. The number of rotatable bonds is 4. The van der Waals surface area contributed by atoms with E-state index >= 15 is 0 Å². The van der Waals surface area contributed by atoms with E-state index in [9.17, 15) is 13.9 Å². The molecule has 1 aromatic carbocycles. The van der Waals surface area contributed by atoms with E-state index < -0.39 is 17.7 Å². The lowest BCUT2D eigenvalue weighted by Gasteiger charge is -2.35. The number of nitrogens with zero attached hydrogens (tertiary/aromatic N) is 1. The minimum Gasteiger partial charge on any atom is -0.396 e. The Morgan fingerprint density at radius 1 is 1.25 bits per heavy atom. The van der Waals surface area contributed by atoms with Crippen molar-refractivity contribution >= 4 is 24.0 Å². The van der Waals surface area contributed by atoms with Gasteiger partial charge in [-0.3, -0.25) is 4.90 Å². The van der Waals surface area contributed by atoms with Crippen LogP contribution in [0.15, 0.2) is 12.1 Å². The molecule has 0 spiro atoms. The van der Waals surface area contributed by atoms with Crippen LogP contribution < -0.4 is 5.32 Å². The monoisotopic (exact) mass is 326 g/mol. The molecule has 0 amide bonds. The van der Waals surface area contributed by atoms with Crippen LogP contribution in [0.5, 0.6) is 0 Å². The molecule has 1 fully saturated rings. The molecule has 1 saturated heterocycles. The Morgan fingerprint density at radius 2 is 1.85 bits per heavy atom. The predicted molar refractivity (Wildman–Crippen MR) is 77.5 cm³/mol. The smallest absolute Gasteiger partial charge is 0.142 e. The van der Waals surface area contributed by atoms with Crippen LogP contribution in [0.2, 0.25) is 5.02 Å². The Bertz CT molecular complexity index is 443. The number of hydrogen-bond acceptors (Lipinski definition) is 3. The van der Waals surface area contributed by atoms with E-state index in [4.69, 9.17) is 11.6 Å². The van der Waals surface area contributed by atoms with Gasteiger partial charge in [0.15, 0.2) is 0 Å². The van der Waals surface area contributed by atoms with Crippen LogP contribution in [0, 0.1) is 11.6 Å². The summed E-state index contributed by atoms with van der Waals surface area (Å²) in [7, 11) is 0. The molecule has 0 bridgehead atoms. The molecular weight excluding hydrogens is 309 g/mol. The van der Waals surface area contributed by atoms with Crippen LogP contribution >= 0.6 is 24.0 Å². The van der Waals surface area contributed by atoms with Gasteiger partial charge in [-0.25, -0.2) is 8.78 Å². The standard InChI is InChI=1S/C13H17ClF2N2O.ClH/c14-13-10(16)2-1-9(15)12(13)11(3-8-19)18-6-4-17-5-7-18;/h1-2,11,17,19H,3-8H2;1H/t11-;/m1./s1. The van der Waals surface area contributed by atoms with Crippen LogP contribution in [0.1, 0.15) is 18.0 Å². The average Bonchev–Trinajstić information content (AvgIpc) is 2.43. The molecule has 20 heavy (non-hydrogen) atoms. The van der Waals surface area contributed by atoms with Gasteiger partial charge in [0.25, 0.3) is 0 Å². The fraction of sp³-hybridized carbons (Fsp3) is 0.538. The molecule has 0 unspecified atom stereocenters. The molecule has 1 aliphatic rings. The van der Waals surface area contributed by atoms with Gasteiger partial charge in [0.1, 0.15) is 11.6 Å². The van der Waals surface area contributed by atoms with Crippen molar-refractivity contribution in [3.8, 4) is 0 Å². The molecular formula is C13H18Cl2F2N2O. The highest BCUT2D eigenvalue weighted by atomic mass is 35.5. The summed E-state index contributed by atoms with van der Waals surface area (Å²) in [5.41, 5.74) is 0.151. The van der Waals surface area contributed by atoms with E-state index in [1.165, 1.54) is 0 Å². The average molecular weight is 327 g/mol. The highest BCUT2D eigenvalue weighted by Crippen LogP contribution is 2.34. The zero-order chi connectivity index (χ0) is 13.8. The number of hydrogen-bond donors (Lipinski definition) is 2. The Kier molecular flexibility index (Phi) is 7.12. The van der Waals surface area contributed by atoms with Gasteiger partial charge in [0.05, 0.1) is 5.02 Å². The van der Waals surface area contributed by atoms with Crippen molar-refractivity contribution < 1.29 is 13.9 Å². The number of aliphatic hydroxyl groups is 1. The van der Waals surface area contributed by atoms with Gasteiger partial charge < -0.3 is 10.4 Å². The zero-order valence-electron chi connectivity index (χ0n) is 10.9. The molecule has 114 valence electrons. The third kappa shape index (κ3) is 3.80. The lowest BCUT2D eigenvalue weighted by Crippen LogP contribution is -2.45. The van der Waals surface area contributed by atoms with Crippen molar-refractivity contribution in [2.75, 3.05) is 32.8 Å². The summed E-state index contributed by atoms with van der Waals surface area (Å²) < 4.78 is 27.5. The summed E-state index contributed by atoms with van der Waals surface area (Å²) in [5, 5.41) is 12.2. The van der Waals surface area contributed by atoms with Gasteiger partial charge >= 0.3 is 0 Å². The third-order valence-corrected chi connectivity index (χ3v) is 3.79. The summed E-state index contributed by atoms with van der Waals surface area (Å²) in [4.78, 5) is 2.02. The van der Waals surface area contributed by atoms with Crippen LogP contribution in [0.4, 0.5) is 8.78 Å². The Hall–Kier alpha value is -0.460. The second-order valence-electron chi connectivity index (χ2n) is 4.57. The fourth-order valence-corrected chi connectivity index (χ4v) is 2.75. The maximum absolute atomic E-state index is 14.0. The van der Waals surface area contributed by atoms with Crippen molar-refractivity contribution in [3.05, 3.63) is 34.4 Å². The first-order valence-electron chi connectivity index (χ1n) is 6.34. The van der Waals surface area contributed by atoms with E-state index in [1.807, 2.05) is 4.90 Å². The molecule has 7 heteroatoms. The quantitative estimate of drug-likeness (QED) is 0.834. The molecule has 0 saturated carbocycles. The topological polar surface area (TPSA) is 35.5 Å². The minimum absolute atomic E-state index is 0. The lowest BCUT2D eigenvalue weighted by molar-refractivity contribution is 0.138. The van der Waals surface area contributed by atoms with Gasteiger partial charge in [0, 0.05) is 44.4 Å². The molecule has 0 aromatic heterocycles. The molecule has 0 aliphatic carbocycles. The van der Waals surface area contributed by atoms with Crippen LogP contribution in [0.25, 0.3) is 0 Å². The van der Waals surface area contributed by atoms with E-state index in [0.717, 1.165) is 38.3 Å². The summed E-state index contributed by atoms with van der Waals surface area (Å²) in [6.45, 7) is 2.92. The zero-order valence-corrected chi connectivity index (χ0v) is 12.5. The summed E-state index contributed by atoms with van der Waals surface area (Å²) >= 11 is 5.91. The normalized spacial score (nSPS) is 17.6. The number of halogens is 4. The van der Waals surface area contributed by atoms with Gasteiger partial charge in [-0.2, -0.15) is 0 Å². The second-order valence-corrected chi connectivity index (χ2v) is 4.95. The van der Waals surface area contributed by atoms with Crippen molar-refractivity contribution in [3.63, 3.8) is 0 Å². The van der Waals surface area contributed by atoms with Gasteiger partial charge in [0.2, 0.25) is 0 Å². The van der Waals surface area contributed by atoms with E-state index in [1.54, 1.807) is 0 Å². The first-order valence-corrected chi connectivity index (χ1v) is 6.72. The van der Waals surface area contributed by atoms with Gasteiger partial charge in [-0.05, 0) is 18.6 Å². The molecule has 1 aromatic rings. The number of aliphatic hydroxyl groups excluding tert-OH is 1. The van der Waals surface area contributed by atoms with Crippen molar-refractivity contribution in [1.29, 1.82) is 0 Å². The number of nitrogens with one attached hydrogen (secondary N) is 1. The Balaban J connectivity index is 0.00000200. The molecule has 0 radical (unpaired) electrons. The van der Waals surface area contributed by atoms with E-state index in [-0.39, 0.29) is 29.6 Å². The minimum atomic E-state index is -0.629. The highest BCUT2D eigenvalue weighted by Gasteiger charge is 2.27. The summed E-state index contributed by atoms with van der Waals surface area (Å²) in [6.07, 6.45) is 0.333. The van der Waals surface area contributed by atoms with Crippen LogP contribution in [-0.4, -0.2) is 42.8 Å². The maximum atomic E-state index is 14.0. The third-order valence-electron chi connectivity index (χ3n) is 3.41. The first-order chi connectivity index (χ1) is 9.15. The van der Waals surface area contributed by atoms with Crippen LogP contribution in [-0.2, 0) is 0 Å². The van der Waals surface area contributed by atoms with Gasteiger partial charge in [-0.1, -0.05) is 11.6 Å². The summed E-state index contributed by atoms with van der Waals surface area (Å²) in [6, 6.07) is 1.72. The van der Waals surface area contributed by atoms with E-state index in [0.29, 0.717) is 6.42 Å². The molecule has 2 N–H and O–H groups in total. The second kappa shape index (κ2) is 8.10. The number of benzene rings is 1. The number of piperazine rings is 1. The van der Waals surface area contributed by atoms with E-state index in [2.05, 4.69) is 5.32 Å². The first kappa shape index (κ1) is 17.6. The predicted octanol–water partition coefficient (Wildman–Crippen LogP) is 2.37. The molecule has 2 rings (SSSR count). The largest absolute Gasteiger partial charge is 0.396 e. The van der Waals surface area contributed by atoms with Crippen molar-refractivity contribution in [2.24, 2.45) is 0 Å². The highest BCUT2D eigenvalue weighted by molar-refractivity contribution is 6.31. The van der Waals surface area contributed by atoms with Gasteiger partial charge in [-0.15, -0.1) is 12.4 Å². The lowest BCUT2D eigenvalue weighted by atomic mass is 10.0. The molecule has 3 nitrogen and oxygen atoms in total. The van der Waals surface area contributed by atoms with Crippen LogP contribution in [0.3, 0.4) is 0 Å². The Labute approximate surface area is 128 Å². The van der Waals surface area contributed by atoms with Crippen molar-refractivity contribution in [1.82, 2.24) is 10.2 Å². The fourth-order valence-electron chi connectivity index (χ4n) is 2.47. The molecule has 1 heterocycles. The Morgan fingerprint density at radius 3 is 2.45 bits per heavy atom. The molecule has 1 aliphatic heterocycles. The SMILES string of the molecule is Cl.OCC[C@H](c1c(F)ccc(F)c1Cl)N1CCNCC1. The molecule has 1 atom stereocenters. The maximum Gasteiger partial charge on any atom is 0.142 e.